The minimum Gasteiger partial charge on any atom is -0.464 e. The highest BCUT2D eigenvalue weighted by Crippen LogP contribution is 2.26. The van der Waals surface area contributed by atoms with Crippen LogP contribution >= 0.6 is 0 Å². The Morgan fingerprint density at radius 2 is 2.05 bits per heavy atom. The summed E-state index contributed by atoms with van der Waals surface area (Å²) in [5.41, 5.74) is -0.872. The van der Waals surface area contributed by atoms with Crippen LogP contribution in [0.3, 0.4) is 0 Å². The molecule has 0 aliphatic carbocycles. The van der Waals surface area contributed by atoms with E-state index in [0.717, 1.165) is 11.5 Å². The second-order valence-corrected chi connectivity index (χ2v) is 5.55. The van der Waals surface area contributed by atoms with Crippen molar-refractivity contribution in [1.29, 1.82) is 0 Å². The summed E-state index contributed by atoms with van der Waals surface area (Å²) in [7, 11) is 0. The van der Waals surface area contributed by atoms with E-state index in [1.54, 1.807) is 18.7 Å². The largest absolute Gasteiger partial charge is 0.464 e. The first kappa shape index (κ1) is 13.6. The van der Waals surface area contributed by atoms with E-state index in [9.17, 15) is 9.59 Å². The lowest BCUT2D eigenvalue weighted by Crippen LogP contribution is -2.53. The Morgan fingerprint density at radius 3 is 2.63 bits per heavy atom. The highest BCUT2D eigenvalue weighted by atomic mass is 16.3. The molecule has 0 saturated carbocycles. The molecule has 5 heteroatoms. The first-order chi connectivity index (χ1) is 8.81. The summed E-state index contributed by atoms with van der Waals surface area (Å²) in [6, 6.07) is 3.58. The number of carbonyl (C=O) groups excluding carboxylic acids is 2. The van der Waals surface area contributed by atoms with Crippen molar-refractivity contribution in [2.45, 2.75) is 45.7 Å². The van der Waals surface area contributed by atoms with Crippen LogP contribution in [0.5, 0.6) is 0 Å². The predicted octanol–water partition coefficient (Wildman–Crippen LogP) is 1.78. The molecule has 1 N–H and O–H groups in total. The van der Waals surface area contributed by atoms with Crippen LogP contribution in [-0.2, 0) is 9.59 Å². The summed E-state index contributed by atoms with van der Waals surface area (Å²) in [6.07, 6.45) is 0.319. The van der Waals surface area contributed by atoms with Gasteiger partial charge in [0.15, 0.2) is 0 Å². The molecule has 104 valence electrons. The van der Waals surface area contributed by atoms with E-state index in [1.807, 2.05) is 26.0 Å². The number of furan rings is 1. The van der Waals surface area contributed by atoms with Crippen molar-refractivity contribution in [1.82, 2.24) is 10.2 Å². The third-order valence-electron chi connectivity index (χ3n) is 3.47. The topological polar surface area (TPSA) is 62.6 Å². The molecule has 5 nitrogen and oxygen atoms in total. The lowest BCUT2D eigenvalue weighted by molar-refractivity contribution is -0.139. The Kier molecular flexibility index (Phi) is 3.39. The summed E-state index contributed by atoms with van der Waals surface area (Å²) in [5.74, 6) is 1.39. The first-order valence-electron chi connectivity index (χ1n) is 6.49. The number of aryl methyl sites for hydroxylation is 1. The standard InChI is InChI=1S/C14H20N2O3/c1-9-5-6-11(19-9)10(2)16-8-7-12(17)15-14(3,4)13(16)18/h5-6,10H,7-8H2,1-4H3,(H,15,17). The average Bonchev–Trinajstić information content (AvgIpc) is 2.70. The summed E-state index contributed by atoms with van der Waals surface area (Å²) in [5, 5.41) is 2.75. The third kappa shape index (κ3) is 2.64. The molecule has 0 bridgehead atoms. The van der Waals surface area contributed by atoms with Gasteiger partial charge in [-0.3, -0.25) is 9.59 Å². The van der Waals surface area contributed by atoms with Crippen molar-refractivity contribution in [3.8, 4) is 0 Å². The van der Waals surface area contributed by atoms with Crippen molar-refractivity contribution < 1.29 is 14.0 Å². The molecule has 1 aliphatic heterocycles. The van der Waals surface area contributed by atoms with Gasteiger partial charge in [0.2, 0.25) is 11.8 Å². The van der Waals surface area contributed by atoms with E-state index in [2.05, 4.69) is 5.32 Å². The van der Waals surface area contributed by atoms with Gasteiger partial charge < -0.3 is 14.6 Å². The van der Waals surface area contributed by atoms with Gasteiger partial charge in [-0.25, -0.2) is 0 Å². The van der Waals surface area contributed by atoms with Crippen LogP contribution < -0.4 is 5.32 Å². The molecular formula is C14H20N2O3. The van der Waals surface area contributed by atoms with Crippen LogP contribution in [0.4, 0.5) is 0 Å². The number of hydrogen-bond donors (Lipinski definition) is 1. The van der Waals surface area contributed by atoms with E-state index in [-0.39, 0.29) is 17.9 Å². The van der Waals surface area contributed by atoms with Gasteiger partial charge in [-0.2, -0.15) is 0 Å². The molecular weight excluding hydrogens is 244 g/mol. The van der Waals surface area contributed by atoms with Crippen molar-refractivity contribution in [2.24, 2.45) is 0 Å². The van der Waals surface area contributed by atoms with Gasteiger partial charge in [0, 0.05) is 13.0 Å². The molecule has 1 aromatic rings. The number of hydrogen-bond acceptors (Lipinski definition) is 3. The molecule has 2 heterocycles. The van der Waals surface area contributed by atoms with Gasteiger partial charge in [0.1, 0.15) is 17.1 Å². The molecule has 1 aliphatic rings. The molecule has 2 rings (SSSR count). The maximum absolute atomic E-state index is 12.5. The molecule has 0 radical (unpaired) electrons. The first-order valence-corrected chi connectivity index (χ1v) is 6.49. The van der Waals surface area contributed by atoms with Crippen LogP contribution in [0.25, 0.3) is 0 Å². The molecule has 1 saturated heterocycles. The quantitative estimate of drug-likeness (QED) is 0.885. The number of nitrogens with zero attached hydrogens (tertiary/aromatic N) is 1. The van der Waals surface area contributed by atoms with E-state index in [0.29, 0.717) is 13.0 Å². The van der Waals surface area contributed by atoms with E-state index in [4.69, 9.17) is 4.42 Å². The minimum absolute atomic E-state index is 0.0834. The summed E-state index contributed by atoms with van der Waals surface area (Å²) < 4.78 is 5.58. The fourth-order valence-electron chi connectivity index (χ4n) is 2.35. The molecule has 1 unspecified atom stereocenters. The van der Waals surface area contributed by atoms with E-state index in [1.165, 1.54) is 0 Å². The Hall–Kier alpha value is -1.78. The second-order valence-electron chi connectivity index (χ2n) is 5.55. The highest BCUT2D eigenvalue weighted by Gasteiger charge is 2.39. The molecule has 1 aromatic heterocycles. The van der Waals surface area contributed by atoms with Gasteiger partial charge in [-0.15, -0.1) is 0 Å². The monoisotopic (exact) mass is 264 g/mol. The van der Waals surface area contributed by atoms with Crippen LogP contribution in [0.15, 0.2) is 16.5 Å². The van der Waals surface area contributed by atoms with Gasteiger partial charge >= 0.3 is 0 Å². The van der Waals surface area contributed by atoms with Crippen LogP contribution in [0, 0.1) is 6.92 Å². The van der Waals surface area contributed by atoms with Crippen molar-refractivity contribution in [3.05, 3.63) is 23.7 Å². The molecule has 1 fully saturated rings. The van der Waals surface area contributed by atoms with E-state index < -0.39 is 5.54 Å². The normalized spacial score (nSPS) is 20.9. The van der Waals surface area contributed by atoms with Crippen LogP contribution in [0.1, 0.15) is 44.8 Å². The lowest BCUT2D eigenvalue weighted by Gasteiger charge is -2.32. The number of rotatable bonds is 2. The van der Waals surface area contributed by atoms with Gasteiger partial charge in [0.25, 0.3) is 0 Å². The van der Waals surface area contributed by atoms with Gasteiger partial charge in [-0.05, 0) is 39.8 Å². The van der Waals surface area contributed by atoms with Crippen molar-refractivity contribution >= 4 is 11.8 Å². The molecule has 19 heavy (non-hydrogen) atoms. The minimum atomic E-state index is -0.872. The molecule has 1 atom stereocenters. The summed E-state index contributed by atoms with van der Waals surface area (Å²) >= 11 is 0. The Labute approximate surface area is 113 Å². The zero-order valence-corrected chi connectivity index (χ0v) is 11.8. The zero-order valence-electron chi connectivity index (χ0n) is 11.8. The fraction of sp³-hybridized carbons (Fsp3) is 0.571. The van der Waals surface area contributed by atoms with Crippen molar-refractivity contribution in [2.75, 3.05) is 6.54 Å². The zero-order chi connectivity index (χ0) is 14.2. The average molecular weight is 264 g/mol. The number of amides is 2. The number of nitrogens with one attached hydrogen (secondary N) is 1. The fourth-order valence-corrected chi connectivity index (χ4v) is 2.35. The molecule has 0 spiro atoms. The summed E-state index contributed by atoms with van der Waals surface area (Å²) in [4.78, 5) is 25.8. The lowest BCUT2D eigenvalue weighted by atomic mass is 10.0. The molecule has 2 amide bonds. The smallest absolute Gasteiger partial charge is 0.248 e. The summed E-state index contributed by atoms with van der Waals surface area (Å²) in [6.45, 7) is 7.66. The van der Waals surface area contributed by atoms with Crippen molar-refractivity contribution in [3.63, 3.8) is 0 Å². The highest BCUT2D eigenvalue weighted by molar-refractivity contribution is 5.93. The maximum atomic E-state index is 12.5. The number of carbonyl (C=O) groups is 2. The Morgan fingerprint density at radius 1 is 1.37 bits per heavy atom. The Bertz CT molecular complexity index is 505. The second kappa shape index (κ2) is 4.72. The molecule has 0 aromatic carbocycles. The Balaban J connectivity index is 2.27. The SMILES string of the molecule is Cc1ccc(C(C)N2CCC(=O)NC(C)(C)C2=O)o1. The van der Waals surface area contributed by atoms with Crippen LogP contribution in [0.2, 0.25) is 0 Å². The third-order valence-corrected chi connectivity index (χ3v) is 3.47. The van der Waals surface area contributed by atoms with E-state index >= 15 is 0 Å². The van der Waals surface area contributed by atoms with Gasteiger partial charge in [0.05, 0.1) is 6.04 Å². The maximum Gasteiger partial charge on any atom is 0.248 e. The predicted molar refractivity (Wildman–Crippen MR) is 70.4 cm³/mol. The van der Waals surface area contributed by atoms with Gasteiger partial charge in [-0.1, -0.05) is 0 Å². The van der Waals surface area contributed by atoms with Crippen LogP contribution in [-0.4, -0.2) is 28.8 Å².